The first-order chi connectivity index (χ1) is 44.6. The van der Waals surface area contributed by atoms with E-state index in [1.54, 1.807) is 134 Å². The van der Waals surface area contributed by atoms with Gasteiger partial charge in [0, 0.05) is 71.5 Å². The fourth-order valence-electron chi connectivity index (χ4n) is 7.62. The largest absolute Gasteiger partial charge is 0.489 e. The summed E-state index contributed by atoms with van der Waals surface area (Å²) in [5.74, 6) is -0.884. The number of ether oxygens (including phenoxy) is 10. The van der Waals surface area contributed by atoms with Crippen LogP contribution in [0.25, 0.3) is 43.1 Å². The number of esters is 8. The summed E-state index contributed by atoms with van der Waals surface area (Å²) in [5.41, 5.74) is 2.44. The zero-order chi connectivity index (χ0) is 69.3. The second-order valence-electron chi connectivity index (χ2n) is 21.0. The zero-order valence-electron chi connectivity index (χ0n) is 53.7. The van der Waals surface area contributed by atoms with Crippen LogP contribution in [0.15, 0.2) is 243 Å². The lowest BCUT2D eigenvalue weighted by molar-refractivity contribution is -0.140. The molecule has 0 atom stereocenters. The minimum Gasteiger partial charge on any atom is -0.489 e. The number of benzene rings is 8. The number of hydrogen-bond donors (Lipinski definition) is 0. The lowest BCUT2D eigenvalue weighted by Gasteiger charge is -2.13. The van der Waals surface area contributed by atoms with Gasteiger partial charge >= 0.3 is 47.8 Å². The minimum atomic E-state index is -0.581. The molecule has 94 heavy (non-hydrogen) atoms. The SMILES string of the molecule is C=C(C)C(=O)OCCOc1cccc2c(OCCOC(=O)C(=C)C)cccc12.C=C(C)C(=O)Oc1cc2ccccc2cc1OC(=O)C(=C)C.C=C(C)C(=O)Oc1ccc2cccc(OC(=O)C(=C)C)c2c1.C=C(C)C(=O)Oc1cccc2c(OC(=O)C(=C)C)cccc12. The predicted molar refractivity (Wildman–Crippen MR) is 361 cm³/mol. The van der Waals surface area contributed by atoms with Crippen molar-refractivity contribution in [1.82, 2.24) is 0 Å². The summed E-state index contributed by atoms with van der Waals surface area (Å²) in [7, 11) is 0. The van der Waals surface area contributed by atoms with Crippen LogP contribution < -0.4 is 37.9 Å². The normalized spacial score (nSPS) is 10.1. The minimum absolute atomic E-state index is 0.131. The molecule has 0 amide bonds. The van der Waals surface area contributed by atoms with Crippen molar-refractivity contribution in [3.05, 3.63) is 243 Å². The molecule has 18 nitrogen and oxygen atoms in total. The highest BCUT2D eigenvalue weighted by Crippen LogP contribution is 2.36. The van der Waals surface area contributed by atoms with Crippen molar-refractivity contribution in [2.24, 2.45) is 0 Å². The highest BCUT2D eigenvalue weighted by atomic mass is 16.6. The Morgan fingerprint density at radius 1 is 0.255 bits per heavy atom. The molecule has 18 heteroatoms. The van der Waals surface area contributed by atoms with Gasteiger partial charge in [-0.3, -0.25) is 0 Å². The summed E-state index contributed by atoms with van der Waals surface area (Å²) in [5, 5.41) is 6.33. The molecule has 0 bridgehead atoms. The van der Waals surface area contributed by atoms with Crippen molar-refractivity contribution >= 4 is 90.8 Å². The summed E-state index contributed by atoms with van der Waals surface area (Å²) < 4.78 is 53.1. The quantitative estimate of drug-likeness (QED) is 0.0266. The molecule has 0 aliphatic carbocycles. The van der Waals surface area contributed by atoms with Crippen molar-refractivity contribution < 1.29 is 85.7 Å². The highest BCUT2D eigenvalue weighted by molar-refractivity contribution is 6.00. The Labute approximate surface area is 544 Å². The Hall–Kier alpha value is -11.9. The van der Waals surface area contributed by atoms with Crippen LogP contribution in [-0.4, -0.2) is 74.2 Å². The maximum Gasteiger partial charge on any atom is 0.338 e. The molecule has 0 saturated carbocycles. The average Bonchev–Trinajstić information content (AvgIpc) is 0.836. The van der Waals surface area contributed by atoms with E-state index >= 15 is 0 Å². The van der Waals surface area contributed by atoms with Crippen LogP contribution in [0.4, 0.5) is 0 Å². The summed E-state index contributed by atoms with van der Waals surface area (Å²) in [6, 6.07) is 42.8. The van der Waals surface area contributed by atoms with Gasteiger partial charge in [-0.25, -0.2) is 38.4 Å². The fourth-order valence-corrected chi connectivity index (χ4v) is 7.62. The molecule has 0 radical (unpaired) electrons. The molecule has 8 aromatic carbocycles. The first kappa shape index (κ1) is 72.8. The van der Waals surface area contributed by atoms with Crippen LogP contribution in [0.3, 0.4) is 0 Å². The molecular formula is C76H72O18. The van der Waals surface area contributed by atoms with Crippen molar-refractivity contribution in [3.8, 4) is 46.0 Å². The van der Waals surface area contributed by atoms with E-state index in [9.17, 15) is 38.4 Å². The number of rotatable bonds is 22. The van der Waals surface area contributed by atoms with Crippen molar-refractivity contribution in [2.75, 3.05) is 26.4 Å². The number of hydrogen-bond acceptors (Lipinski definition) is 18. The van der Waals surface area contributed by atoms with Gasteiger partial charge in [0.25, 0.3) is 0 Å². The van der Waals surface area contributed by atoms with Crippen LogP contribution in [0, 0.1) is 0 Å². The van der Waals surface area contributed by atoms with E-state index in [4.69, 9.17) is 47.4 Å². The van der Waals surface area contributed by atoms with Crippen molar-refractivity contribution in [1.29, 1.82) is 0 Å². The van der Waals surface area contributed by atoms with Gasteiger partial charge in [-0.15, -0.1) is 0 Å². The summed E-state index contributed by atoms with van der Waals surface area (Å²) in [4.78, 5) is 92.9. The monoisotopic (exact) mass is 1270 g/mol. The van der Waals surface area contributed by atoms with Gasteiger partial charge in [0.15, 0.2) is 11.5 Å². The molecule has 0 aliphatic rings. The van der Waals surface area contributed by atoms with Gasteiger partial charge in [0.1, 0.15) is 60.9 Å². The Balaban J connectivity index is 0.000000228. The lowest BCUT2D eigenvalue weighted by Crippen LogP contribution is -2.13. The lowest BCUT2D eigenvalue weighted by atomic mass is 10.1. The smallest absolute Gasteiger partial charge is 0.338 e. The van der Waals surface area contributed by atoms with Gasteiger partial charge in [-0.1, -0.05) is 144 Å². The van der Waals surface area contributed by atoms with Gasteiger partial charge in [0.2, 0.25) is 0 Å². The van der Waals surface area contributed by atoms with Gasteiger partial charge in [-0.2, -0.15) is 0 Å². The fraction of sp³-hybridized carbons (Fsp3) is 0.158. The third kappa shape index (κ3) is 21.7. The van der Waals surface area contributed by atoms with Crippen molar-refractivity contribution in [3.63, 3.8) is 0 Å². The molecule has 0 N–H and O–H groups in total. The van der Waals surface area contributed by atoms with E-state index in [2.05, 4.69) is 52.6 Å². The number of carbonyl (C=O) groups is 8. The standard InChI is InChI=1S/C22H24O6.3C18H16O4/c1-15(2)21(23)27-13-11-25-19-9-5-8-18-17(19)7-6-10-20(18)26-12-14-28-22(24)16(3)4;1-11(2)17(19)21-15-9-5-8-14-13(15)7-6-10-16(14)22-18(20)12(3)4;1-11(2)17(19)21-14-9-8-13-6-5-7-16(15(13)10-14)22-18(20)12(3)4;1-11(2)17(19)21-15-9-13-7-5-6-8-14(13)10-16(15)22-18(20)12(3)4/h5-10H,1,3,11-14H2,2,4H3;3*5-10H,1,3H2,2,4H3. The first-order valence-electron chi connectivity index (χ1n) is 28.8. The molecule has 0 spiro atoms. The molecular weight excluding hydrogens is 1200 g/mol. The van der Waals surface area contributed by atoms with Crippen molar-refractivity contribution in [2.45, 2.75) is 55.4 Å². The van der Waals surface area contributed by atoms with Gasteiger partial charge in [-0.05, 0) is 126 Å². The van der Waals surface area contributed by atoms with Gasteiger partial charge in [0.05, 0.1) is 0 Å². The van der Waals surface area contributed by atoms with E-state index in [1.165, 1.54) is 0 Å². The zero-order valence-corrected chi connectivity index (χ0v) is 53.7. The van der Waals surface area contributed by atoms with E-state index in [-0.39, 0.29) is 49.1 Å². The number of carbonyl (C=O) groups excluding carboxylic acids is 8. The molecule has 8 rings (SSSR count). The van der Waals surface area contributed by atoms with E-state index < -0.39 is 47.8 Å². The van der Waals surface area contributed by atoms with Crippen LogP contribution in [0.1, 0.15) is 55.4 Å². The second kappa shape index (κ2) is 34.9. The summed E-state index contributed by atoms with van der Waals surface area (Å²) in [6.45, 7) is 41.6. The van der Waals surface area contributed by atoms with E-state index in [1.807, 2.05) is 66.7 Å². The molecule has 484 valence electrons. The Morgan fingerprint density at radius 2 is 0.532 bits per heavy atom. The van der Waals surface area contributed by atoms with Gasteiger partial charge < -0.3 is 47.4 Å². The van der Waals surface area contributed by atoms with Crippen LogP contribution in [-0.2, 0) is 47.8 Å². The average molecular weight is 1270 g/mol. The Kier molecular flexibility index (Phi) is 27.0. The molecule has 0 saturated heterocycles. The number of fused-ring (bicyclic) bond motifs is 4. The highest BCUT2D eigenvalue weighted by Gasteiger charge is 2.18. The third-order valence-electron chi connectivity index (χ3n) is 12.5. The van der Waals surface area contributed by atoms with Crippen LogP contribution in [0.5, 0.6) is 46.0 Å². The van der Waals surface area contributed by atoms with Crippen LogP contribution >= 0.6 is 0 Å². The Bertz CT molecular complexity index is 4090. The molecule has 0 unspecified atom stereocenters. The van der Waals surface area contributed by atoms with E-state index in [0.717, 1.165) is 26.9 Å². The molecule has 8 aromatic rings. The predicted octanol–water partition coefficient (Wildman–Crippen LogP) is 15.2. The van der Waals surface area contributed by atoms with E-state index in [0.29, 0.717) is 84.1 Å². The second-order valence-corrected chi connectivity index (χ2v) is 21.0. The van der Waals surface area contributed by atoms with Crippen LogP contribution in [0.2, 0.25) is 0 Å². The first-order valence-corrected chi connectivity index (χ1v) is 28.8. The maximum absolute atomic E-state index is 11.7. The molecule has 0 fully saturated rings. The summed E-state index contributed by atoms with van der Waals surface area (Å²) in [6.07, 6.45) is 0. The Morgan fingerprint density at radius 3 is 0.872 bits per heavy atom. The molecule has 0 aromatic heterocycles. The molecule has 0 aliphatic heterocycles. The maximum atomic E-state index is 11.7. The summed E-state index contributed by atoms with van der Waals surface area (Å²) >= 11 is 0. The molecule has 0 heterocycles. The third-order valence-corrected chi connectivity index (χ3v) is 12.5. The topological polar surface area (TPSA) is 229 Å².